The molecule has 4 rings (SSSR count). The Morgan fingerprint density at radius 1 is 1.00 bits per heavy atom. The summed E-state index contributed by atoms with van der Waals surface area (Å²) in [6, 6.07) is 13.7. The van der Waals surface area contributed by atoms with Gasteiger partial charge in [0.1, 0.15) is 11.5 Å². The lowest BCUT2D eigenvalue weighted by Gasteiger charge is -2.23. The molecule has 2 aliphatic rings. The molecule has 0 atom stereocenters. The molecule has 1 aliphatic heterocycles. The fourth-order valence-corrected chi connectivity index (χ4v) is 4.22. The molecule has 0 unspecified atom stereocenters. The first-order valence-electron chi connectivity index (χ1n) is 11.7. The molecule has 32 heavy (non-hydrogen) atoms. The number of benzene rings is 2. The van der Waals surface area contributed by atoms with Gasteiger partial charge >= 0.3 is 0 Å². The van der Waals surface area contributed by atoms with Crippen LogP contribution in [0.3, 0.4) is 0 Å². The quantitative estimate of drug-likeness (QED) is 0.556. The summed E-state index contributed by atoms with van der Waals surface area (Å²) < 4.78 is 11.8. The first-order chi connectivity index (χ1) is 15.7. The molecule has 2 aromatic rings. The third kappa shape index (κ3) is 6.49. The van der Waals surface area contributed by atoms with Crippen LogP contribution in [0.4, 0.5) is 5.69 Å². The number of hydrogen-bond donors (Lipinski definition) is 2. The van der Waals surface area contributed by atoms with E-state index in [1.807, 2.05) is 42.5 Å². The lowest BCUT2D eigenvalue weighted by molar-refractivity contribution is -0.121. The molecule has 2 amide bonds. The van der Waals surface area contributed by atoms with E-state index in [0.29, 0.717) is 38.5 Å². The van der Waals surface area contributed by atoms with Gasteiger partial charge in [0.15, 0.2) is 0 Å². The highest BCUT2D eigenvalue weighted by atomic mass is 16.5. The Kier molecular flexibility index (Phi) is 7.64. The van der Waals surface area contributed by atoms with Crippen molar-refractivity contribution in [3.8, 4) is 11.5 Å². The number of fused-ring (bicyclic) bond motifs is 1. The van der Waals surface area contributed by atoms with Gasteiger partial charge in [0.25, 0.3) is 0 Å². The molecule has 6 nitrogen and oxygen atoms in total. The maximum Gasteiger partial charge on any atom is 0.224 e. The normalized spacial score (nSPS) is 16.1. The van der Waals surface area contributed by atoms with Crippen molar-refractivity contribution in [2.24, 2.45) is 0 Å². The summed E-state index contributed by atoms with van der Waals surface area (Å²) in [5.41, 5.74) is 3.02. The zero-order valence-corrected chi connectivity index (χ0v) is 18.5. The molecule has 6 heteroatoms. The minimum Gasteiger partial charge on any atom is -0.494 e. The summed E-state index contributed by atoms with van der Waals surface area (Å²) in [5.74, 6) is 1.76. The molecular formula is C26H32N2O4. The first kappa shape index (κ1) is 22.2. The van der Waals surface area contributed by atoms with Gasteiger partial charge in [-0.2, -0.15) is 0 Å². The van der Waals surface area contributed by atoms with Gasteiger partial charge in [-0.15, -0.1) is 0 Å². The van der Waals surface area contributed by atoms with Crippen LogP contribution in [0.25, 0.3) is 0 Å². The number of carbonyl (C=O) groups is 2. The number of aryl methyl sites for hydroxylation is 1. The molecular weight excluding hydrogens is 404 g/mol. The summed E-state index contributed by atoms with van der Waals surface area (Å²) in [4.78, 5) is 23.6. The van der Waals surface area contributed by atoms with Crippen LogP contribution in [-0.2, 0) is 22.6 Å². The van der Waals surface area contributed by atoms with E-state index in [2.05, 4.69) is 10.6 Å². The Bertz CT molecular complexity index is 920. The predicted molar refractivity (Wildman–Crippen MR) is 124 cm³/mol. The van der Waals surface area contributed by atoms with Gasteiger partial charge in [-0.1, -0.05) is 18.6 Å². The Morgan fingerprint density at radius 3 is 2.59 bits per heavy atom. The molecule has 1 saturated carbocycles. The highest BCUT2D eigenvalue weighted by molar-refractivity contribution is 5.94. The Labute approximate surface area is 189 Å². The molecule has 2 N–H and O–H groups in total. The van der Waals surface area contributed by atoms with Crippen LogP contribution in [0.15, 0.2) is 42.5 Å². The molecule has 0 spiro atoms. The van der Waals surface area contributed by atoms with Crippen molar-refractivity contribution >= 4 is 17.5 Å². The molecule has 1 aliphatic carbocycles. The second-order valence-electron chi connectivity index (χ2n) is 8.62. The summed E-state index contributed by atoms with van der Waals surface area (Å²) >= 11 is 0. The third-order valence-electron chi connectivity index (χ3n) is 6.06. The molecule has 0 aromatic heterocycles. The van der Waals surface area contributed by atoms with Crippen molar-refractivity contribution in [3.05, 3.63) is 53.6 Å². The largest absolute Gasteiger partial charge is 0.494 e. The molecule has 1 heterocycles. The van der Waals surface area contributed by atoms with E-state index in [0.717, 1.165) is 47.6 Å². The Hall–Kier alpha value is -3.02. The first-order valence-corrected chi connectivity index (χ1v) is 11.7. The van der Waals surface area contributed by atoms with Gasteiger partial charge < -0.3 is 20.1 Å². The predicted octanol–water partition coefficient (Wildman–Crippen LogP) is 4.76. The molecule has 0 radical (unpaired) electrons. The summed E-state index contributed by atoms with van der Waals surface area (Å²) in [7, 11) is 0. The van der Waals surface area contributed by atoms with Crippen molar-refractivity contribution in [1.82, 2.24) is 5.32 Å². The summed E-state index contributed by atoms with van der Waals surface area (Å²) in [6.07, 6.45) is 8.77. The van der Waals surface area contributed by atoms with E-state index >= 15 is 0 Å². The van der Waals surface area contributed by atoms with Crippen molar-refractivity contribution in [3.63, 3.8) is 0 Å². The zero-order chi connectivity index (χ0) is 22.2. The topological polar surface area (TPSA) is 76.7 Å². The Morgan fingerprint density at radius 2 is 1.78 bits per heavy atom. The van der Waals surface area contributed by atoms with E-state index in [9.17, 15) is 9.59 Å². The maximum atomic E-state index is 12.1. The number of ether oxygens (including phenoxy) is 2. The Balaban J connectivity index is 1.12. The average Bonchev–Trinajstić information content (AvgIpc) is 2.82. The fraction of sp³-hybridized carbons (Fsp3) is 0.462. The van der Waals surface area contributed by atoms with E-state index < -0.39 is 0 Å². The average molecular weight is 437 g/mol. The van der Waals surface area contributed by atoms with Gasteiger partial charge in [0, 0.05) is 25.1 Å². The van der Waals surface area contributed by atoms with Gasteiger partial charge in [-0.3, -0.25) is 9.59 Å². The van der Waals surface area contributed by atoms with E-state index in [-0.39, 0.29) is 11.8 Å². The lowest BCUT2D eigenvalue weighted by atomic mass is 9.98. The molecule has 170 valence electrons. The fourth-order valence-electron chi connectivity index (χ4n) is 4.22. The zero-order valence-electron chi connectivity index (χ0n) is 18.5. The van der Waals surface area contributed by atoms with E-state index in [1.54, 1.807) is 0 Å². The molecule has 2 aromatic carbocycles. The highest BCUT2D eigenvalue weighted by Crippen LogP contribution is 2.27. The smallest absolute Gasteiger partial charge is 0.224 e. The van der Waals surface area contributed by atoms with Crippen LogP contribution in [0.1, 0.15) is 62.5 Å². The molecule has 0 bridgehead atoms. The van der Waals surface area contributed by atoms with Crippen molar-refractivity contribution in [1.29, 1.82) is 0 Å². The molecule has 0 saturated heterocycles. The van der Waals surface area contributed by atoms with Crippen molar-refractivity contribution in [2.45, 2.75) is 70.4 Å². The number of amides is 2. The van der Waals surface area contributed by atoms with Crippen LogP contribution in [-0.4, -0.2) is 24.5 Å². The van der Waals surface area contributed by atoms with Gasteiger partial charge in [0.05, 0.1) is 12.7 Å². The van der Waals surface area contributed by atoms with Gasteiger partial charge in [0.2, 0.25) is 11.8 Å². The standard InChI is InChI=1S/C26H32N2O4/c29-25(7-4-16-31-23-13-14-24-20(17-23)10-15-26(30)28-24)27-18-19-8-11-22(12-9-19)32-21-5-2-1-3-6-21/h8-9,11-14,17,21H,1-7,10,15-16,18H2,(H,27,29)(H,28,30). The monoisotopic (exact) mass is 436 g/mol. The molecule has 1 fully saturated rings. The van der Waals surface area contributed by atoms with Crippen LogP contribution >= 0.6 is 0 Å². The highest BCUT2D eigenvalue weighted by Gasteiger charge is 2.16. The van der Waals surface area contributed by atoms with E-state index in [4.69, 9.17) is 9.47 Å². The minimum atomic E-state index is 0.0179. The number of hydrogen-bond acceptors (Lipinski definition) is 4. The summed E-state index contributed by atoms with van der Waals surface area (Å²) in [5, 5.41) is 5.83. The van der Waals surface area contributed by atoms with Crippen LogP contribution in [0.5, 0.6) is 11.5 Å². The van der Waals surface area contributed by atoms with Crippen LogP contribution in [0, 0.1) is 0 Å². The van der Waals surface area contributed by atoms with Crippen molar-refractivity contribution < 1.29 is 19.1 Å². The maximum absolute atomic E-state index is 12.1. The number of nitrogens with one attached hydrogen (secondary N) is 2. The lowest BCUT2D eigenvalue weighted by Crippen LogP contribution is -2.23. The SMILES string of the molecule is O=C(CCCOc1ccc2c(c1)CCC(=O)N2)NCc1ccc(OC2CCCCC2)cc1. The second kappa shape index (κ2) is 11.0. The van der Waals surface area contributed by atoms with Crippen LogP contribution < -0.4 is 20.1 Å². The minimum absolute atomic E-state index is 0.0179. The van der Waals surface area contributed by atoms with E-state index in [1.165, 1.54) is 19.3 Å². The third-order valence-corrected chi connectivity index (χ3v) is 6.06. The summed E-state index contributed by atoms with van der Waals surface area (Å²) in [6.45, 7) is 0.992. The van der Waals surface area contributed by atoms with Crippen molar-refractivity contribution in [2.75, 3.05) is 11.9 Å². The second-order valence-corrected chi connectivity index (χ2v) is 8.62. The number of carbonyl (C=O) groups excluding carboxylic acids is 2. The number of anilines is 1. The van der Waals surface area contributed by atoms with Gasteiger partial charge in [-0.05, 0) is 80.0 Å². The van der Waals surface area contributed by atoms with Crippen LogP contribution in [0.2, 0.25) is 0 Å². The van der Waals surface area contributed by atoms with Gasteiger partial charge in [-0.25, -0.2) is 0 Å². The number of rotatable bonds is 9.